The minimum atomic E-state index is -0.910. The maximum atomic E-state index is 6.49. The van der Waals surface area contributed by atoms with E-state index in [0.717, 1.165) is 25.7 Å². The fraction of sp³-hybridized carbons (Fsp3) is 0.696. The highest BCUT2D eigenvalue weighted by molar-refractivity contribution is 6.40. The van der Waals surface area contributed by atoms with E-state index in [0.29, 0.717) is 33.7 Å². The topological polar surface area (TPSA) is 67.7 Å². The largest absolute Gasteiger partial charge is 0.383 e. The van der Waals surface area contributed by atoms with Crippen molar-refractivity contribution < 1.29 is 28.8 Å². The number of fused-ring (bicyclic) bond motifs is 3. The van der Waals surface area contributed by atoms with Crippen LogP contribution < -0.4 is 0 Å². The number of ether oxygens (including phenoxy) is 3. The van der Waals surface area contributed by atoms with Crippen LogP contribution >= 0.6 is 23.2 Å². The number of methoxy groups -OCH3 is 1. The summed E-state index contributed by atoms with van der Waals surface area (Å²) in [4.78, 5) is 18.5. The van der Waals surface area contributed by atoms with E-state index < -0.39 is 29.6 Å². The van der Waals surface area contributed by atoms with E-state index in [1.165, 1.54) is 0 Å². The van der Waals surface area contributed by atoms with Gasteiger partial charge in [0.15, 0.2) is 17.5 Å². The van der Waals surface area contributed by atoms with Crippen LogP contribution in [0.1, 0.15) is 51.5 Å². The summed E-state index contributed by atoms with van der Waals surface area (Å²) < 4.78 is 18.7. The molecule has 0 unspecified atom stereocenters. The van der Waals surface area contributed by atoms with Gasteiger partial charge >= 0.3 is 0 Å². The number of rotatable bonds is 2. The highest BCUT2D eigenvalue weighted by atomic mass is 35.5. The van der Waals surface area contributed by atoms with Crippen LogP contribution in [0.5, 0.6) is 0 Å². The van der Waals surface area contributed by atoms with Crippen LogP contribution in [0.3, 0.4) is 0 Å². The minimum absolute atomic E-state index is 0.120. The van der Waals surface area contributed by atoms with Crippen LogP contribution in [0.4, 0.5) is 0 Å². The molecule has 7 nitrogen and oxygen atoms in total. The smallest absolute Gasteiger partial charge is 0.203 e. The maximum Gasteiger partial charge on any atom is 0.203 e. The predicted molar refractivity (Wildman–Crippen MR) is 116 cm³/mol. The molecule has 7 rings (SSSR count). The van der Waals surface area contributed by atoms with Crippen molar-refractivity contribution in [1.82, 2.24) is 0 Å². The second-order valence-electron chi connectivity index (χ2n) is 9.92. The molecule has 9 heteroatoms. The van der Waals surface area contributed by atoms with Crippen molar-refractivity contribution in [2.24, 2.45) is 22.9 Å². The van der Waals surface area contributed by atoms with Gasteiger partial charge in [-0.3, -0.25) is 0 Å². The van der Waals surface area contributed by atoms with E-state index in [-0.39, 0.29) is 11.8 Å². The average Bonchev–Trinajstić information content (AvgIpc) is 3.05. The lowest BCUT2D eigenvalue weighted by Crippen LogP contribution is -2.76. The molecule has 0 aromatic heterocycles. The summed E-state index contributed by atoms with van der Waals surface area (Å²) in [7, 11) is 1.62. The van der Waals surface area contributed by atoms with Gasteiger partial charge in [0, 0.05) is 31.4 Å². The SMILES string of the molecule is CO[C@@H]1O[C@@H]2O[C@@]3(C)CC[C@H]4[C@H](C)CC[C@@H]([C@]15CC(c1c(Cl)cccc1Cl)=NO5)[C@@]24OO3. The van der Waals surface area contributed by atoms with Gasteiger partial charge in [0.2, 0.25) is 12.1 Å². The fourth-order valence-corrected chi connectivity index (χ4v) is 7.29. The van der Waals surface area contributed by atoms with Crippen LogP contribution in [0, 0.1) is 17.8 Å². The maximum absolute atomic E-state index is 6.49. The lowest BCUT2D eigenvalue weighted by atomic mass is 9.56. The highest BCUT2D eigenvalue weighted by Crippen LogP contribution is 2.63. The van der Waals surface area contributed by atoms with Gasteiger partial charge in [-0.15, -0.1) is 0 Å². The molecular weight excluding hydrogens is 457 g/mol. The average molecular weight is 484 g/mol. The Kier molecular flexibility index (Phi) is 4.91. The van der Waals surface area contributed by atoms with Crippen LogP contribution in [-0.4, -0.2) is 42.4 Å². The molecule has 4 saturated heterocycles. The fourth-order valence-electron chi connectivity index (χ4n) is 6.68. The molecule has 2 spiro atoms. The summed E-state index contributed by atoms with van der Waals surface area (Å²) in [5.74, 6) is -0.336. The van der Waals surface area contributed by atoms with Gasteiger partial charge in [0.25, 0.3) is 0 Å². The molecule has 1 aromatic carbocycles. The Bertz CT molecular complexity index is 956. The Morgan fingerprint density at radius 3 is 2.66 bits per heavy atom. The normalized spacial score (nSPS) is 47.0. The van der Waals surface area contributed by atoms with Gasteiger partial charge in [-0.25, -0.2) is 9.78 Å². The minimum Gasteiger partial charge on any atom is -0.383 e. The molecule has 5 fully saturated rings. The first-order valence-electron chi connectivity index (χ1n) is 11.3. The molecule has 6 aliphatic rings. The summed E-state index contributed by atoms with van der Waals surface area (Å²) >= 11 is 13.0. The lowest BCUT2D eigenvalue weighted by Gasteiger charge is -2.62. The number of nitrogens with zero attached hydrogens (tertiary/aromatic N) is 1. The zero-order valence-corrected chi connectivity index (χ0v) is 19.8. The Balaban J connectivity index is 1.44. The molecule has 32 heavy (non-hydrogen) atoms. The zero-order valence-electron chi connectivity index (χ0n) is 18.3. The van der Waals surface area contributed by atoms with Gasteiger partial charge in [0.05, 0.1) is 15.8 Å². The van der Waals surface area contributed by atoms with E-state index in [2.05, 4.69) is 12.1 Å². The Labute approximate surface area is 197 Å². The van der Waals surface area contributed by atoms with Gasteiger partial charge in [-0.1, -0.05) is 41.3 Å². The van der Waals surface area contributed by atoms with Crippen molar-refractivity contribution in [3.8, 4) is 0 Å². The molecule has 1 aliphatic carbocycles. The molecule has 2 bridgehead atoms. The van der Waals surface area contributed by atoms with Gasteiger partial charge < -0.3 is 19.0 Å². The highest BCUT2D eigenvalue weighted by Gasteiger charge is 2.76. The van der Waals surface area contributed by atoms with Crippen molar-refractivity contribution in [2.45, 2.75) is 75.5 Å². The molecule has 8 atom stereocenters. The molecule has 0 N–H and O–H groups in total. The molecule has 174 valence electrons. The number of oxime groups is 1. The number of hydrogen-bond donors (Lipinski definition) is 0. The van der Waals surface area contributed by atoms with Crippen LogP contribution in [0.2, 0.25) is 10.0 Å². The molecule has 0 radical (unpaired) electrons. The third kappa shape index (κ3) is 2.76. The van der Waals surface area contributed by atoms with Crippen molar-refractivity contribution in [2.75, 3.05) is 7.11 Å². The molecular formula is C23H27Cl2NO6. The third-order valence-corrected chi connectivity index (χ3v) is 8.82. The second kappa shape index (κ2) is 7.28. The van der Waals surface area contributed by atoms with Crippen LogP contribution in [0.25, 0.3) is 0 Å². The lowest BCUT2D eigenvalue weighted by molar-refractivity contribution is -0.584. The summed E-state index contributed by atoms with van der Waals surface area (Å²) in [6, 6.07) is 5.41. The van der Waals surface area contributed by atoms with Crippen molar-refractivity contribution in [3.63, 3.8) is 0 Å². The Morgan fingerprint density at radius 2 is 1.91 bits per heavy atom. The first-order valence-corrected chi connectivity index (χ1v) is 12.0. The Morgan fingerprint density at radius 1 is 1.12 bits per heavy atom. The molecule has 5 aliphatic heterocycles. The van der Waals surface area contributed by atoms with E-state index in [4.69, 9.17) is 52.0 Å². The third-order valence-electron chi connectivity index (χ3n) is 8.19. The van der Waals surface area contributed by atoms with Crippen molar-refractivity contribution in [1.29, 1.82) is 0 Å². The summed E-state index contributed by atoms with van der Waals surface area (Å²) in [5, 5.41) is 5.53. The van der Waals surface area contributed by atoms with Crippen LogP contribution in [-0.2, 0) is 28.8 Å². The summed E-state index contributed by atoms with van der Waals surface area (Å²) in [6.45, 7) is 4.17. The van der Waals surface area contributed by atoms with Gasteiger partial charge in [-0.05, 0) is 50.2 Å². The monoisotopic (exact) mass is 483 g/mol. The van der Waals surface area contributed by atoms with Gasteiger partial charge in [-0.2, -0.15) is 0 Å². The van der Waals surface area contributed by atoms with Gasteiger partial charge in [0.1, 0.15) is 0 Å². The van der Waals surface area contributed by atoms with Crippen molar-refractivity contribution >= 4 is 28.9 Å². The molecule has 0 amide bonds. The first kappa shape index (κ1) is 21.6. The first-order chi connectivity index (χ1) is 15.3. The number of benzene rings is 1. The standard InChI is InChI=1S/C23H27Cl2NO6/c1-12-7-8-17-22(11-16(26-30-22)18-14(24)5-4-6-15(18)25)19(27-3)28-20-23(17)13(12)9-10-21(2,29-20)31-32-23/h4-6,12-13,17,19-20H,7-11H2,1-3H3/t12-,13+,17+,19-,20-,21-,22-,23-/m1/s1. The van der Waals surface area contributed by atoms with E-state index in [1.807, 2.05) is 13.0 Å². The van der Waals surface area contributed by atoms with Crippen LogP contribution in [0.15, 0.2) is 23.4 Å². The number of halogens is 2. The molecule has 1 saturated carbocycles. The van der Waals surface area contributed by atoms with Crippen molar-refractivity contribution in [3.05, 3.63) is 33.8 Å². The molecule has 5 heterocycles. The number of hydrogen-bond acceptors (Lipinski definition) is 7. The second-order valence-corrected chi connectivity index (χ2v) is 10.7. The predicted octanol–water partition coefficient (Wildman–Crippen LogP) is 5.07. The Hall–Kier alpha value is -0.930. The molecule has 1 aromatic rings. The summed E-state index contributed by atoms with van der Waals surface area (Å²) in [6.07, 6.45) is 2.65. The van der Waals surface area contributed by atoms with E-state index >= 15 is 0 Å². The quantitative estimate of drug-likeness (QED) is 0.546. The summed E-state index contributed by atoms with van der Waals surface area (Å²) in [5.41, 5.74) is -0.370. The van der Waals surface area contributed by atoms with E-state index in [1.54, 1.807) is 19.2 Å². The zero-order chi connectivity index (χ0) is 22.3. The van der Waals surface area contributed by atoms with E-state index in [9.17, 15) is 0 Å².